The molecular formula is C7H9PS2. The van der Waals surface area contributed by atoms with Crippen molar-refractivity contribution in [2.24, 2.45) is 0 Å². The van der Waals surface area contributed by atoms with E-state index in [2.05, 4.69) is 18.0 Å². The van der Waals surface area contributed by atoms with Crippen LogP contribution >= 0.6 is 16.6 Å². The number of hydrogen-bond donors (Lipinski definition) is 0. The van der Waals surface area contributed by atoms with Crippen LogP contribution < -0.4 is 0 Å². The molecule has 1 heterocycles. The smallest absolute Gasteiger partial charge is 0.0278 e. The van der Waals surface area contributed by atoms with Crippen LogP contribution in [0.5, 0.6) is 0 Å². The highest BCUT2D eigenvalue weighted by Crippen LogP contribution is 2.63. The van der Waals surface area contributed by atoms with Crippen molar-refractivity contribution >= 4 is 28.4 Å². The molecule has 1 unspecified atom stereocenters. The minimum Gasteiger partial charge on any atom is -0.123 e. The molecule has 1 rings (SSSR count). The van der Waals surface area contributed by atoms with Crippen LogP contribution in [-0.4, -0.2) is 12.4 Å². The zero-order valence-electron chi connectivity index (χ0n) is 5.83. The maximum absolute atomic E-state index is 5.41. The van der Waals surface area contributed by atoms with Crippen molar-refractivity contribution in [3.63, 3.8) is 0 Å². The van der Waals surface area contributed by atoms with Crippen molar-refractivity contribution in [2.45, 2.75) is 6.42 Å². The Morgan fingerprint density at radius 2 is 2.60 bits per heavy atom. The second kappa shape index (κ2) is 3.13. The lowest BCUT2D eigenvalue weighted by atomic mass is 10.3. The first-order valence-corrected chi connectivity index (χ1v) is 7.92. The van der Waals surface area contributed by atoms with Crippen molar-refractivity contribution < 1.29 is 0 Å². The summed E-state index contributed by atoms with van der Waals surface area (Å²) < 4.78 is 0. The number of terminal acetylenes is 1. The molecule has 54 valence electrons. The predicted molar refractivity (Wildman–Crippen MR) is 54.2 cm³/mol. The molecule has 0 amide bonds. The van der Waals surface area contributed by atoms with Crippen molar-refractivity contribution in [3.8, 4) is 12.3 Å². The van der Waals surface area contributed by atoms with Crippen LogP contribution in [0.2, 0.25) is 0 Å². The third-order valence-corrected chi connectivity index (χ3v) is 8.63. The van der Waals surface area contributed by atoms with Gasteiger partial charge >= 0.3 is 0 Å². The predicted octanol–water partition coefficient (Wildman–Crippen LogP) is 2.66. The van der Waals surface area contributed by atoms with Gasteiger partial charge < -0.3 is 0 Å². The summed E-state index contributed by atoms with van der Waals surface area (Å²) in [5, 5.41) is -1.18. The van der Waals surface area contributed by atoms with Crippen LogP contribution in [0.3, 0.4) is 0 Å². The van der Waals surface area contributed by atoms with Crippen molar-refractivity contribution in [3.05, 3.63) is 11.4 Å². The number of hydrogen-bond acceptors (Lipinski definition) is 2. The van der Waals surface area contributed by atoms with E-state index in [1.165, 1.54) is 0 Å². The molecule has 10 heavy (non-hydrogen) atoms. The van der Waals surface area contributed by atoms with Gasteiger partial charge in [0.2, 0.25) is 0 Å². The van der Waals surface area contributed by atoms with E-state index in [0.29, 0.717) is 0 Å². The highest BCUT2D eigenvalue weighted by atomic mass is 32.9. The Labute approximate surface area is 71.2 Å². The van der Waals surface area contributed by atoms with Gasteiger partial charge in [0.25, 0.3) is 0 Å². The summed E-state index contributed by atoms with van der Waals surface area (Å²) in [5.74, 6) is 4.81. The third-order valence-electron chi connectivity index (χ3n) is 1.54. The molecule has 1 atom stereocenters. The van der Waals surface area contributed by atoms with Gasteiger partial charge in [-0.25, -0.2) is 0 Å². The number of allylic oxidation sites excluding steroid dienone is 1. The Kier molecular flexibility index (Phi) is 2.63. The van der Waals surface area contributed by atoms with E-state index < -0.39 is 5.24 Å². The minimum absolute atomic E-state index is 1.04. The molecule has 0 radical (unpaired) electrons. The molecule has 1 aliphatic heterocycles. The standard InChI is InChI=1S/C7H9PS2/c1-3-7-4-5-8(9,6-7)10-2/h1,6H,4-5H2,2H3. The quantitative estimate of drug-likeness (QED) is 0.458. The molecule has 0 bridgehead atoms. The van der Waals surface area contributed by atoms with E-state index in [0.717, 1.165) is 18.2 Å². The van der Waals surface area contributed by atoms with E-state index >= 15 is 0 Å². The molecule has 0 fully saturated rings. The molecular weight excluding hydrogens is 179 g/mol. The first-order chi connectivity index (χ1) is 4.70. The SMILES string of the molecule is C#CC1=CP(=S)(SC)CC1. The van der Waals surface area contributed by atoms with Crippen LogP contribution in [0.1, 0.15) is 6.42 Å². The van der Waals surface area contributed by atoms with E-state index in [9.17, 15) is 0 Å². The van der Waals surface area contributed by atoms with E-state index in [1.54, 1.807) is 0 Å². The van der Waals surface area contributed by atoms with Gasteiger partial charge in [-0.05, 0) is 24.7 Å². The summed E-state index contributed by atoms with van der Waals surface area (Å²) in [6.07, 6.45) is 9.50. The van der Waals surface area contributed by atoms with E-state index in [4.69, 9.17) is 18.2 Å². The average Bonchev–Trinajstić information content (AvgIpc) is 2.33. The van der Waals surface area contributed by atoms with E-state index in [-0.39, 0.29) is 0 Å². The van der Waals surface area contributed by atoms with Crippen molar-refractivity contribution in [1.29, 1.82) is 0 Å². The fourth-order valence-corrected chi connectivity index (χ4v) is 4.72. The van der Waals surface area contributed by atoms with Crippen LogP contribution in [0, 0.1) is 12.3 Å². The van der Waals surface area contributed by atoms with Crippen molar-refractivity contribution in [2.75, 3.05) is 12.4 Å². The second-order valence-corrected chi connectivity index (χ2v) is 10.4. The first-order valence-electron chi connectivity index (χ1n) is 3.03. The zero-order chi connectivity index (χ0) is 7.61. The molecule has 0 aliphatic carbocycles. The fraction of sp³-hybridized carbons (Fsp3) is 0.429. The number of rotatable bonds is 1. The molecule has 3 heteroatoms. The molecule has 0 spiro atoms. The van der Waals surface area contributed by atoms with Gasteiger partial charge in [0.15, 0.2) is 0 Å². The molecule has 0 saturated carbocycles. The van der Waals surface area contributed by atoms with Gasteiger partial charge in [0.1, 0.15) is 0 Å². The normalized spacial score (nSPS) is 31.4. The van der Waals surface area contributed by atoms with Crippen LogP contribution in [-0.2, 0) is 11.8 Å². The largest absolute Gasteiger partial charge is 0.123 e. The summed E-state index contributed by atoms with van der Waals surface area (Å²) in [7, 11) is 0. The Balaban J connectivity index is 2.84. The lowest BCUT2D eigenvalue weighted by Crippen LogP contribution is -1.73. The highest BCUT2D eigenvalue weighted by molar-refractivity contribution is 8.71. The fourth-order valence-electron chi connectivity index (χ4n) is 0.896. The Morgan fingerprint density at radius 1 is 1.90 bits per heavy atom. The van der Waals surface area contributed by atoms with Gasteiger partial charge in [-0.1, -0.05) is 17.7 Å². The topological polar surface area (TPSA) is 0 Å². The van der Waals surface area contributed by atoms with Gasteiger partial charge in [0.05, 0.1) is 0 Å². The molecule has 0 aromatic carbocycles. The van der Waals surface area contributed by atoms with E-state index in [1.807, 2.05) is 11.4 Å². The first kappa shape index (κ1) is 8.40. The summed E-state index contributed by atoms with van der Waals surface area (Å²) in [5.41, 5.74) is 1.12. The maximum Gasteiger partial charge on any atom is 0.0278 e. The molecule has 1 aliphatic rings. The second-order valence-electron chi connectivity index (χ2n) is 2.18. The Bertz CT molecular complexity index is 247. The summed E-state index contributed by atoms with van der Waals surface area (Å²) in [6, 6.07) is 0. The van der Waals surface area contributed by atoms with Crippen LogP contribution in [0.25, 0.3) is 0 Å². The lowest BCUT2D eigenvalue weighted by molar-refractivity contribution is 1.21. The zero-order valence-corrected chi connectivity index (χ0v) is 8.36. The van der Waals surface area contributed by atoms with Crippen molar-refractivity contribution in [1.82, 2.24) is 0 Å². The third kappa shape index (κ3) is 1.66. The van der Waals surface area contributed by atoms with Gasteiger partial charge in [0, 0.05) is 10.8 Å². The molecule has 0 aromatic rings. The monoisotopic (exact) mass is 188 g/mol. The van der Waals surface area contributed by atoms with Gasteiger partial charge in [-0.2, -0.15) is 0 Å². The highest BCUT2D eigenvalue weighted by Gasteiger charge is 2.19. The molecule has 0 nitrogen and oxygen atoms in total. The minimum atomic E-state index is -1.18. The Hall–Kier alpha value is 0.300. The summed E-state index contributed by atoms with van der Waals surface area (Å²) in [6.45, 7) is 0. The maximum atomic E-state index is 5.41. The summed E-state index contributed by atoms with van der Waals surface area (Å²) >= 11 is 7.22. The van der Waals surface area contributed by atoms with Crippen LogP contribution in [0.4, 0.5) is 0 Å². The molecule has 0 N–H and O–H groups in total. The molecule has 0 aromatic heterocycles. The Morgan fingerprint density at radius 3 is 2.90 bits per heavy atom. The van der Waals surface area contributed by atoms with Crippen LogP contribution in [0.15, 0.2) is 11.4 Å². The summed E-state index contributed by atoms with van der Waals surface area (Å²) in [4.78, 5) is 0. The van der Waals surface area contributed by atoms with Gasteiger partial charge in [-0.3, -0.25) is 0 Å². The molecule has 0 saturated heterocycles. The lowest BCUT2D eigenvalue weighted by Gasteiger charge is -2.05. The average molecular weight is 188 g/mol. The van der Waals surface area contributed by atoms with Gasteiger partial charge in [-0.15, -0.1) is 17.8 Å².